The van der Waals surface area contributed by atoms with Gasteiger partial charge in [0.25, 0.3) is 11.5 Å². The van der Waals surface area contributed by atoms with Gasteiger partial charge in [-0.3, -0.25) is 18.9 Å². The fourth-order valence-corrected chi connectivity index (χ4v) is 5.16. The molecule has 0 radical (unpaired) electrons. The maximum absolute atomic E-state index is 13.4. The van der Waals surface area contributed by atoms with E-state index in [1.54, 1.807) is 17.2 Å². The lowest BCUT2D eigenvalue weighted by Gasteiger charge is -2.18. The largest absolute Gasteiger partial charge is 0.379 e. The van der Waals surface area contributed by atoms with Crippen molar-refractivity contribution in [1.29, 1.82) is 0 Å². The van der Waals surface area contributed by atoms with Gasteiger partial charge in [0.05, 0.1) is 29.2 Å². The van der Waals surface area contributed by atoms with Gasteiger partial charge in [0.1, 0.15) is 15.8 Å². The molecule has 34 heavy (non-hydrogen) atoms. The topological polar surface area (TPSA) is 85.2 Å². The van der Waals surface area contributed by atoms with Gasteiger partial charge in [0, 0.05) is 26.0 Å². The van der Waals surface area contributed by atoms with Crippen molar-refractivity contribution in [2.75, 3.05) is 31.6 Å². The van der Waals surface area contributed by atoms with E-state index in [2.05, 4.69) is 10.3 Å². The SMILES string of the molecule is Cc1ccc2nc(NCCCOC(C)C)c(/C=C3\SC(=S)N(CC4CCCO4)C3=O)c(=O)n2c1. The van der Waals surface area contributed by atoms with Gasteiger partial charge >= 0.3 is 0 Å². The number of anilines is 1. The van der Waals surface area contributed by atoms with Crippen molar-refractivity contribution in [3.05, 3.63) is 44.7 Å². The number of carbonyl (C=O) groups excluding carboxylic acids is 1. The van der Waals surface area contributed by atoms with Crippen LogP contribution in [0.2, 0.25) is 0 Å². The highest BCUT2D eigenvalue weighted by Crippen LogP contribution is 2.34. The van der Waals surface area contributed by atoms with Gasteiger partial charge in [-0.2, -0.15) is 0 Å². The molecule has 1 amide bonds. The van der Waals surface area contributed by atoms with Crippen LogP contribution in [-0.4, -0.2) is 63.0 Å². The van der Waals surface area contributed by atoms with Gasteiger partial charge in [0.15, 0.2) is 0 Å². The molecule has 0 spiro atoms. The van der Waals surface area contributed by atoms with Crippen LogP contribution < -0.4 is 10.9 Å². The van der Waals surface area contributed by atoms with E-state index in [0.29, 0.717) is 52.6 Å². The molecule has 0 aromatic carbocycles. The highest BCUT2D eigenvalue weighted by atomic mass is 32.2. The van der Waals surface area contributed by atoms with Crippen LogP contribution in [-0.2, 0) is 14.3 Å². The molecule has 0 saturated carbocycles. The molecule has 4 heterocycles. The molecule has 1 atom stereocenters. The van der Waals surface area contributed by atoms with Crippen molar-refractivity contribution >= 4 is 51.7 Å². The number of pyridine rings is 1. The lowest BCUT2D eigenvalue weighted by atomic mass is 10.2. The lowest BCUT2D eigenvalue weighted by molar-refractivity contribution is -0.123. The van der Waals surface area contributed by atoms with E-state index in [4.69, 9.17) is 21.7 Å². The summed E-state index contributed by atoms with van der Waals surface area (Å²) in [6.07, 6.45) is 6.21. The summed E-state index contributed by atoms with van der Waals surface area (Å²) in [6, 6.07) is 3.73. The van der Waals surface area contributed by atoms with Gasteiger partial charge in [-0.05, 0) is 57.7 Å². The van der Waals surface area contributed by atoms with Crippen LogP contribution in [0.1, 0.15) is 44.2 Å². The second-order valence-electron chi connectivity index (χ2n) is 8.74. The normalized spacial score (nSPS) is 19.8. The predicted molar refractivity (Wildman–Crippen MR) is 139 cm³/mol. The Bertz CT molecular complexity index is 1170. The highest BCUT2D eigenvalue weighted by Gasteiger charge is 2.35. The zero-order valence-corrected chi connectivity index (χ0v) is 21.3. The number of rotatable bonds is 9. The summed E-state index contributed by atoms with van der Waals surface area (Å²) < 4.78 is 13.3. The Kier molecular flexibility index (Phi) is 8.02. The quantitative estimate of drug-likeness (QED) is 0.316. The molecule has 10 heteroatoms. The monoisotopic (exact) mass is 502 g/mol. The summed E-state index contributed by atoms with van der Waals surface area (Å²) in [7, 11) is 0. The van der Waals surface area contributed by atoms with Crippen LogP contribution in [0, 0.1) is 6.92 Å². The standard InChI is InChI=1S/C24H30N4O4S2/c1-15(2)31-11-5-9-25-21-18(22(29)27-13-16(3)7-8-20(27)26-21)12-19-23(30)28(24(33)34-19)14-17-6-4-10-32-17/h7-8,12-13,15,17,25H,4-6,9-11,14H2,1-3H3/b19-12-. The van der Waals surface area contributed by atoms with Crippen molar-refractivity contribution in [1.82, 2.24) is 14.3 Å². The van der Waals surface area contributed by atoms with Crippen molar-refractivity contribution < 1.29 is 14.3 Å². The molecule has 2 aliphatic rings. The molecule has 2 aliphatic heterocycles. The number of aromatic nitrogens is 2. The van der Waals surface area contributed by atoms with E-state index in [1.807, 2.05) is 32.9 Å². The van der Waals surface area contributed by atoms with Crippen molar-refractivity contribution in [3.63, 3.8) is 0 Å². The molecule has 2 fully saturated rings. The van der Waals surface area contributed by atoms with Gasteiger partial charge in [0.2, 0.25) is 0 Å². The molecule has 2 aromatic rings. The predicted octanol–water partition coefficient (Wildman–Crippen LogP) is 3.61. The van der Waals surface area contributed by atoms with E-state index >= 15 is 0 Å². The fraction of sp³-hybridized carbons (Fsp3) is 0.500. The number of ether oxygens (including phenoxy) is 2. The van der Waals surface area contributed by atoms with Gasteiger partial charge in [-0.25, -0.2) is 4.98 Å². The Morgan fingerprint density at radius 2 is 2.21 bits per heavy atom. The van der Waals surface area contributed by atoms with Crippen LogP contribution in [0.25, 0.3) is 11.7 Å². The second-order valence-corrected chi connectivity index (χ2v) is 10.4. The van der Waals surface area contributed by atoms with E-state index in [1.165, 1.54) is 16.2 Å². The first-order valence-electron chi connectivity index (χ1n) is 11.6. The number of hydrogen-bond acceptors (Lipinski definition) is 8. The number of hydrogen-bond donors (Lipinski definition) is 1. The van der Waals surface area contributed by atoms with Crippen molar-refractivity contribution in [2.45, 2.75) is 52.2 Å². The first kappa shape index (κ1) is 24.8. The smallest absolute Gasteiger partial charge is 0.267 e. The summed E-state index contributed by atoms with van der Waals surface area (Å²) in [6.45, 7) is 8.25. The Hall–Kier alpha value is -2.27. The van der Waals surface area contributed by atoms with E-state index < -0.39 is 0 Å². The second kappa shape index (κ2) is 11.0. The number of amides is 1. The van der Waals surface area contributed by atoms with Crippen molar-refractivity contribution in [2.24, 2.45) is 0 Å². The zero-order chi connectivity index (χ0) is 24.2. The Morgan fingerprint density at radius 3 is 2.94 bits per heavy atom. The Balaban J connectivity index is 1.63. The Morgan fingerprint density at radius 1 is 1.38 bits per heavy atom. The molecule has 2 saturated heterocycles. The number of carbonyl (C=O) groups is 1. The number of thioether (sulfide) groups is 1. The number of nitrogens with one attached hydrogen (secondary N) is 1. The number of thiocarbonyl (C=S) groups is 1. The molecule has 0 aliphatic carbocycles. The van der Waals surface area contributed by atoms with Crippen molar-refractivity contribution in [3.8, 4) is 0 Å². The average molecular weight is 503 g/mol. The molecule has 182 valence electrons. The lowest BCUT2D eigenvalue weighted by Crippen LogP contribution is -2.35. The molecule has 1 N–H and O–H groups in total. The molecular weight excluding hydrogens is 472 g/mol. The van der Waals surface area contributed by atoms with Gasteiger partial charge < -0.3 is 14.8 Å². The van der Waals surface area contributed by atoms with E-state index in [9.17, 15) is 9.59 Å². The molecule has 2 aromatic heterocycles. The summed E-state index contributed by atoms with van der Waals surface area (Å²) in [5.74, 6) is 0.248. The number of fused-ring (bicyclic) bond motifs is 1. The maximum Gasteiger partial charge on any atom is 0.267 e. The fourth-order valence-electron chi connectivity index (χ4n) is 3.90. The zero-order valence-electron chi connectivity index (χ0n) is 19.7. The van der Waals surface area contributed by atoms with Crippen LogP contribution in [0.15, 0.2) is 28.0 Å². The minimum absolute atomic E-state index is 0.00284. The summed E-state index contributed by atoms with van der Waals surface area (Å²) in [5.41, 5.74) is 1.58. The summed E-state index contributed by atoms with van der Waals surface area (Å²) in [4.78, 5) is 33.3. The third kappa shape index (κ3) is 5.68. The van der Waals surface area contributed by atoms with Crippen LogP contribution in [0.5, 0.6) is 0 Å². The third-order valence-corrected chi connectivity index (χ3v) is 7.01. The maximum atomic E-state index is 13.4. The van der Waals surface area contributed by atoms with Crippen LogP contribution in [0.4, 0.5) is 5.82 Å². The summed E-state index contributed by atoms with van der Waals surface area (Å²) in [5, 5.41) is 3.27. The third-order valence-electron chi connectivity index (χ3n) is 5.63. The number of nitrogens with zero attached hydrogens (tertiary/aromatic N) is 3. The molecule has 8 nitrogen and oxygen atoms in total. The Labute approximate surface area is 208 Å². The number of aryl methyl sites for hydroxylation is 1. The first-order chi connectivity index (χ1) is 16.3. The van der Waals surface area contributed by atoms with Crippen LogP contribution >= 0.6 is 24.0 Å². The first-order valence-corrected chi connectivity index (χ1v) is 12.8. The minimum atomic E-state index is -0.237. The highest BCUT2D eigenvalue weighted by molar-refractivity contribution is 8.26. The van der Waals surface area contributed by atoms with E-state index in [-0.39, 0.29) is 23.7 Å². The summed E-state index contributed by atoms with van der Waals surface area (Å²) >= 11 is 6.68. The average Bonchev–Trinajstić information content (AvgIpc) is 3.40. The van der Waals surface area contributed by atoms with Gasteiger partial charge in [-0.15, -0.1) is 0 Å². The molecule has 4 rings (SSSR count). The van der Waals surface area contributed by atoms with Gasteiger partial charge in [-0.1, -0.05) is 30.0 Å². The molecular formula is C24H30N4O4S2. The molecule has 1 unspecified atom stereocenters. The minimum Gasteiger partial charge on any atom is -0.379 e. The molecule has 0 bridgehead atoms. The van der Waals surface area contributed by atoms with Crippen LogP contribution in [0.3, 0.4) is 0 Å². The van der Waals surface area contributed by atoms with E-state index in [0.717, 1.165) is 24.8 Å².